The maximum Gasteiger partial charge on any atom is 0.265 e. The van der Waals surface area contributed by atoms with E-state index >= 15 is 0 Å². The molecular formula is C10H12F2N2O3. The molecule has 5 N–H and O–H groups in total. The highest BCUT2D eigenvalue weighted by Gasteiger charge is 2.18. The van der Waals surface area contributed by atoms with Crippen molar-refractivity contribution >= 4 is 11.6 Å². The van der Waals surface area contributed by atoms with E-state index in [0.717, 1.165) is 6.07 Å². The molecule has 0 spiro atoms. The van der Waals surface area contributed by atoms with Crippen molar-refractivity contribution in [1.82, 2.24) is 5.32 Å². The molecule has 17 heavy (non-hydrogen) atoms. The van der Waals surface area contributed by atoms with Gasteiger partial charge in [-0.05, 0) is 18.2 Å². The van der Waals surface area contributed by atoms with Crippen LogP contribution in [0.5, 0.6) is 5.75 Å². The lowest BCUT2D eigenvalue weighted by molar-refractivity contribution is -0.00269. The molecule has 5 nitrogen and oxygen atoms in total. The van der Waals surface area contributed by atoms with Crippen LogP contribution in [0, 0.1) is 0 Å². The molecule has 0 fully saturated rings. The Balaban J connectivity index is 2.67. The number of rotatable bonds is 4. The van der Waals surface area contributed by atoms with Crippen molar-refractivity contribution in [1.29, 1.82) is 0 Å². The van der Waals surface area contributed by atoms with Crippen LogP contribution in [0.3, 0.4) is 0 Å². The highest BCUT2D eigenvalue weighted by atomic mass is 19.3. The Kier molecular flexibility index (Phi) is 4.22. The summed E-state index contributed by atoms with van der Waals surface area (Å²) in [7, 11) is 0. The molecule has 1 amide bonds. The smallest absolute Gasteiger partial charge is 0.265 e. The molecule has 0 aliphatic heterocycles. The Morgan fingerprint density at radius 1 is 1.47 bits per heavy atom. The van der Waals surface area contributed by atoms with E-state index in [1.54, 1.807) is 0 Å². The molecule has 0 bridgehead atoms. The first kappa shape index (κ1) is 13.2. The van der Waals surface area contributed by atoms with E-state index in [1.165, 1.54) is 12.1 Å². The number of nitrogens with one attached hydrogen (secondary N) is 1. The summed E-state index contributed by atoms with van der Waals surface area (Å²) in [5, 5.41) is 20.0. The average Bonchev–Trinajstić information content (AvgIpc) is 2.28. The molecule has 1 rings (SSSR count). The number of nitrogen functional groups attached to an aromatic ring is 1. The summed E-state index contributed by atoms with van der Waals surface area (Å²) in [5.74, 6) is -0.906. The lowest BCUT2D eigenvalue weighted by Gasteiger charge is -2.11. The number of amides is 1. The maximum atomic E-state index is 12.0. The van der Waals surface area contributed by atoms with Crippen molar-refractivity contribution < 1.29 is 23.8 Å². The third kappa shape index (κ3) is 3.56. The third-order valence-corrected chi connectivity index (χ3v) is 2.04. The van der Waals surface area contributed by atoms with E-state index in [4.69, 9.17) is 15.9 Å². The van der Waals surface area contributed by atoms with Crippen LogP contribution in [0.1, 0.15) is 10.4 Å². The minimum atomic E-state index is -2.93. The molecule has 0 aliphatic rings. The summed E-state index contributed by atoms with van der Waals surface area (Å²) in [6.45, 7) is -0.592. The summed E-state index contributed by atoms with van der Waals surface area (Å²) < 4.78 is 23.9. The van der Waals surface area contributed by atoms with Gasteiger partial charge in [-0.3, -0.25) is 4.79 Å². The van der Waals surface area contributed by atoms with Crippen LogP contribution in [-0.4, -0.2) is 35.2 Å². The molecular weight excluding hydrogens is 234 g/mol. The first-order valence-corrected chi connectivity index (χ1v) is 4.74. The van der Waals surface area contributed by atoms with Gasteiger partial charge in [-0.1, -0.05) is 0 Å². The highest BCUT2D eigenvalue weighted by molar-refractivity contribution is 5.99. The van der Waals surface area contributed by atoms with Crippen LogP contribution in [0.2, 0.25) is 0 Å². The molecule has 0 heterocycles. The number of phenols is 1. The molecule has 1 unspecified atom stereocenters. The number of hydrogen-bond acceptors (Lipinski definition) is 4. The number of halogens is 2. The Hall–Kier alpha value is -1.89. The van der Waals surface area contributed by atoms with Gasteiger partial charge < -0.3 is 21.3 Å². The molecule has 7 heteroatoms. The molecule has 0 saturated heterocycles. The second kappa shape index (κ2) is 5.44. The maximum absolute atomic E-state index is 12.0. The Morgan fingerprint density at radius 2 is 2.12 bits per heavy atom. The number of nitrogens with two attached hydrogens (primary N) is 1. The molecule has 0 radical (unpaired) electrons. The van der Waals surface area contributed by atoms with Gasteiger partial charge in [-0.25, -0.2) is 8.78 Å². The minimum Gasteiger partial charge on any atom is -0.508 e. The molecule has 94 valence electrons. The van der Waals surface area contributed by atoms with Crippen LogP contribution in [0.15, 0.2) is 18.2 Å². The van der Waals surface area contributed by atoms with Gasteiger partial charge in [-0.2, -0.15) is 0 Å². The number of carbonyl (C=O) groups excluding carboxylic acids is 1. The number of carbonyl (C=O) groups is 1. The van der Waals surface area contributed by atoms with Gasteiger partial charge in [0.1, 0.15) is 11.9 Å². The molecule has 0 aromatic heterocycles. The topological polar surface area (TPSA) is 95.6 Å². The zero-order valence-electron chi connectivity index (χ0n) is 8.73. The van der Waals surface area contributed by atoms with Gasteiger partial charge in [0.2, 0.25) is 0 Å². The van der Waals surface area contributed by atoms with Crippen LogP contribution < -0.4 is 11.1 Å². The van der Waals surface area contributed by atoms with Crippen LogP contribution >= 0.6 is 0 Å². The first-order valence-electron chi connectivity index (χ1n) is 4.74. The van der Waals surface area contributed by atoms with Gasteiger partial charge in [0.05, 0.1) is 5.56 Å². The number of phenolic OH excluding ortho intramolecular Hbond substituents is 1. The van der Waals surface area contributed by atoms with Crippen molar-refractivity contribution in [3.8, 4) is 5.75 Å². The minimum absolute atomic E-state index is 0.0357. The zero-order valence-corrected chi connectivity index (χ0v) is 8.73. The van der Waals surface area contributed by atoms with E-state index in [9.17, 15) is 13.6 Å². The van der Waals surface area contributed by atoms with Crippen LogP contribution in [0.4, 0.5) is 14.5 Å². The Bertz CT molecular complexity index is 413. The van der Waals surface area contributed by atoms with Gasteiger partial charge in [0.15, 0.2) is 0 Å². The number of aliphatic hydroxyl groups is 1. The number of aromatic hydroxyl groups is 1. The number of hydrogen-bond donors (Lipinski definition) is 4. The van der Waals surface area contributed by atoms with Gasteiger partial charge in [0.25, 0.3) is 12.3 Å². The molecule has 1 atom stereocenters. The summed E-state index contributed by atoms with van der Waals surface area (Å²) in [6.07, 6.45) is -4.87. The summed E-state index contributed by atoms with van der Waals surface area (Å²) in [4.78, 5) is 11.5. The lowest BCUT2D eigenvalue weighted by atomic mass is 10.1. The molecule has 0 aliphatic carbocycles. The van der Waals surface area contributed by atoms with Crippen molar-refractivity contribution in [3.05, 3.63) is 23.8 Å². The van der Waals surface area contributed by atoms with Crippen LogP contribution in [0.25, 0.3) is 0 Å². The standard InChI is InChI=1S/C10H12F2N2O3/c11-9(12)8(16)4-14-10(17)6-3-5(15)1-2-7(6)13/h1-3,8-9,15-16H,4,13H2,(H,14,17). The normalized spacial score (nSPS) is 12.5. The van der Waals surface area contributed by atoms with Gasteiger partial charge in [-0.15, -0.1) is 0 Å². The predicted molar refractivity (Wildman–Crippen MR) is 56.9 cm³/mol. The average molecular weight is 246 g/mol. The SMILES string of the molecule is Nc1ccc(O)cc1C(=O)NCC(O)C(F)F. The number of benzene rings is 1. The van der Waals surface area contributed by atoms with Gasteiger partial charge >= 0.3 is 0 Å². The van der Waals surface area contributed by atoms with Gasteiger partial charge in [0, 0.05) is 12.2 Å². The monoisotopic (exact) mass is 246 g/mol. The van der Waals surface area contributed by atoms with E-state index in [-0.39, 0.29) is 17.0 Å². The third-order valence-electron chi connectivity index (χ3n) is 2.04. The highest BCUT2D eigenvalue weighted by Crippen LogP contribution is 2.18. The Labute approximate surface area is 95.9 Å². The summed E-state index contributed by atoms with van der Waals surface area (Å²) >= 11 is 0. The largest absolute Gasteiger partial charge is 0.508 e. The second-order valence-corrected chi connectivity index (χ2v) is 3.38. The molecule has 1 aromatic carbocycles. The van der Waals surface area contributed by atoms with Crippen molar-refractivity contribution in [2.45, 2.75) is 12.5 Å². The van der Waals surface area contributed by atoms with Crippen molar-refractivity contribution in [3.63, 3.8) is 0 Å². The fourth-order valence-electron chi connectivity index (χ4n) is 1.12. The zero-order chi connectivity index (χ0) is 13.0. The lowest BCUT2D eigenvalue weighted by Crippen LogP contribution is -2.36. The molecule has 1 aromatic rings. The second-order valence-electron chi connectivity index (χ2n) is 3.38. The summed E-state index contributed by atoms with van der Waals surface area (Å²) in [5.41, 5.74) is 5.54. The van der Waals surface area contributed by atoms with E-state index in [2.05, 4.69) is 5.32 Å². The van der Waals surface area contributed by atoms with E-state index in [1.807, 2.05) is 0 Å². The number of aliphatic hydroxyl groups excluding tert-OH is 1. The summed E-state index contributed by atoms with van der Waals surface area (Å²) in [6, 6.07) is 3.72. The first-order chi connectivity index (χ1) is 7.91. The van der Waals surface area contributed by atoms with Crippen LogP contribution in [-0.2, 0) is 0 Å². The fourth-order valence-corrected chi connectivity index (χ4v) is 1.12. The Morgan fingerprint density at radius 3 is 2.71 bits per heavy atom. The number of alkyl halides is 2. The molecule has 0 saturated carbocycles. The van der Waals surface area contributed by atoms with E-state index < -0.39 is 25.0 Å². The number of anilines is 1. The van der Waals surface area contributed by atoms with E-state index in [0.29, 0.717) is 0 Å². The fraction of sp³-hybridized carbons (Fsp3) is 0.300. The predicted octanol–water partition coefficient (Wildman–Crippen LogP) is 0.330. The van der Waals surface area contributed by atoms with Crippen molar-refractivity contribution in [2.24, 2.45) is 0 Å². The quantitative estimate of drug-likeness (QED) is 0.455. The van der Waals surface area contributed by atoms with Crippen molar-refractivity contribution in [2.75, 3.05) is 12.3 Å².